The lowest BCUT2D eigenvalue weighted by Crippen LogP contribution is -2.56. The summed E-state index contributed by atoms with van der Waals surface area (Å²) in [5.74, 6) is -3.88. The Balaban J connectivity index is 0.809. The van der Waals surface area contributed by atoms with Crippen LogP contribution in [-0.2, 0) is 57.1 Å². The zero-order chi connectivity index (χ0) is 63.0. The lowest BCUT2D eigenvalue weighted by molar-refractivity contribution is -0.137. The first-order valence-corrected chi connectivity index (χ1v) is 30.4. The highest BCUT2D eigenvalue weighted by Crippen LogP contribution is 2.49. The normalized spacial score (nSPS) is 16.6. The summed E-state index contributed by atoms with van der Waals surface area (Å²) >= 11 is 1.59. The average Bonchev–Trinajstić information content (AvgIpc) is 1.63. The third kappa shape index (κ3) is 14.8. The van der Waals surface area contributed by atoms with Crippen LogP contribution in [0.2, 0.25) is 0 Å². The maximum atomic E-state index is 14.7. The zero-order valence-corrected chi connectivity index (χ0v) is 49.8. The Morgan fingerprint density at radius 1 is 0.739 bits per heavy atom. The molecule has 6 aromatic rings. The number of amides is 9. The summed E-state index contributed by atoms with van der Waals surface area (Å²) in [6.45, 7) is 2.86. The van der Waals surface area contributed by atoms with Crippen LogP contribution in [0.5, 0.6) is 17.2 Å². The van der Waals surface area contributed by atoms with E-state index in [0.717, 1.165) is 32.0 Å². The molecule has 9 rings (SSSR count). The third-order valence-corrected chi connectivity index (χ3v) is 16.8. The number of rotatable bonds is 24. The summed E-state index contributed by atoms with van der Waals surface area (Å²) in [6.07, 6.45) is 1.81. The van der Waals surface area contributed by atoms with Gasteiger partial charge in [0.05, 0.1) is 31.1 Å². The maximum Gasteiger partial charge on any atom is 0.421 e. The lowest BCUT2D eigenvalue weighted by atomic mass is 10.1. The van der Waals surface area contributed by atoms with Crippen molar-refractivity contribution in [3.05, 3.63) is 132 Å². The van der Waals surface area contributed by atoms with Crippen molar-refractivity contribution in [2.24, 2.45) is 7.05 Å². The molecule has 26 nitrogen and oxygen atoms in total. The number of para-hydroxylation sites is 1. The minimum atomic E-state index is -5.24. The van der Waals surface area contributed by atoms with Crippen LogP contribution in [0.1, 0.15) is 80.2 Å². The Kier molecular flexibility index (Phi) is 19.6. The van der Waals surface area contributed by atoms with E-state index in [2.05, 4.69) is 31.9 Å². The van der Waals surface area contributed by atoms with Gasteiger partial charge in [0, 0.05) is 91.1 Å². The second-order valence-electron chi connectivity index (χ2n) is 21.0. The van der Waals surface area contributed by atoms with Crippen molar-refractivity contribution >= 4 is 113 Å². The molecular weight excluding hydrogens is 1180 g/mol. The van der Waals surface area contributed by atoms with Crippen LogP contribution < -0.4 is 55.9 Å². The van der Waals surface area contributed by atoms with Gasteiger partial charge in [0.1, 0.15) is 23.5 Å². The van der Waals surface area contributed by atoms with Crippen molar-refractivity contribution in [3.63, 3.8) is 0 Å². The number of anilines is 5. The Hall–Kier alpha value is -9.64. The molecule has 0 saturated carbocycles. The van der Waals surface area contributed by atoms with Crippen LogP contribution in [0.3, 0.4) is 0 Å². The van der Waals surface area contributed by atoms with Crippen LogP contribution in [-0.4, -0.2) is 131 Å². The minimum absolute atomic E-state index is 0.00685. The molecule has 462 valence electrons. The summed E-state index contributed by atoms with van der Waals surface area (Å²) in [7, 11) is -2.23. The van der Waals surface area contributed by atoms with Crippen LogP contribution in [0.15, 0.2) is 115 Å². The molecule has 0 radical (unpaired) electrons. The van der Waals surface area contributed by atoms with Gasteiger partial charge in [0.25, 0.3) is 27.8 Å². The number of ether oxygens (including phenoxy) is 3. The molecule has 0 saturated heterocycles. The molecule has 4 aromatic carbocycles. The summed E-state index contributed by atoms with van der Waals surface area (Å²) < 4.78 is 58.9. The highest BCUT2D eigenvalue weighted by Gasteiger charge is 2.53. The molecule has 9 amide bonds. The molecule has 8 N–H and O–H groups in total. The number of fused-ring (bicyclic) bond motifs is 5. The minimum Gasteiger partial charge on any atom is -0.493 e. The number of aryl methyl sites for hydroxylation is 1. The van der Waals surface area contributed by atoms with Gasteiger partial charge >= 0.3 is 6.09 Å². The van der Waals surface area contributed by atoms with E-state index < -0.39 is 81.4 Å². The molecule has 0 aliphatic carbocycles. The lowest BCUT2D eigenvalue weighted by Gasteiger charge is -2.35. The topological polar surface area (TPSA) is 343 Å². The van der Waals surface area contributed by atoms with Crippen molar-refractivity contribution in [3.8, 4) is 17.2 Å². The number of aliphatic hydroxyl groups excluding tert-OH is 1. The van der Waals surface area contributed by atoms with Gasteiger partial charge in [0.15, 0.2) is 23.1 Å². The quantitative estimate of drug-likeness (QED) is 0.0211. The van der Waals surface area contributed by atoms with E-state index in [4.69, 9.17) is 14.2 Å². The van der Waals surface area contributed by atoms with E-state index in [-0.39, 0.29) is 97.8 Å². The first kappa shape index (κ1) is 62.9. The summed E-state index contributed by atoms with van der Waals surface area (Å²) in [4.78, 5) is 119. The van der Waals surface area contributed by atoms with Crippen LogP contribution in [0.25, 0.3) is 10.1 Å². The average molecular weight is 1250 g/mol. The molecular formula is C60H64N10O16S2. The number of hydrogen-bond donors (Lipinski definition) is 8. The number of aliphatic hydroxyl groups is 1. The van der Waals surface area contributed by atoms with Gasteiger partial charge in [-0.2, -0.15) is 8.42 Å². The number of hydrogen-bond acceptors (Lipinski definition) is 17. The molecule has 2 unspecified atom stereocenters. The predicted molar refractivity (Wildman–Crippen MR) is 324 cm³/mol. The molecule has 28 heteroatoms. The van der Waals surface area contributed by atoms with Gasteiger partial charge < -0.3 is 60.7 Å². The van der Waals surface area contributed by atoms with Crippen molar-refractivity contribution in [2.45, 2.75) is 88.5 Å². The van der Waals surface area contributed by atoms with Crippen molar-refractivity contribution in [1.82, 2.24) is 25.4 Å². The standard InChI is InChI=1S/C60H64N10O16S2/c1-34(62-51(72)13-8-7-12-50(71)61-24-25-68-53(74)21-22-54(68)75)55(76)63-35(2)56(77)65-38-15-18-41(19-16-38)86-60(80)70-44-32-48(47(84-4)31-42(44)58(79)69-43-11-6-5-10-36(43)29-46(69)59(70)88(81,82)83)85-26-9-14-52(73)64-40-30-45(67(3)33-40)57(78)66-39-17-20-49-37(28-39)23-27-87-49/h5-6,10-11,15-23,27-28,30-35,46,58-59,79H,7-9,12-14,24-26,29H2,1-4H3,(H,61,71)(H,62,72)(H,63,76)(H,64,73)(H,65,77)(H,66,78)(H,81,82,83)/t34-,35-,46+,58?,59?/m1/s1. The monoisotopic (exact) mass is 1240 g/mol. The van der Waals surface area contributed by atoms with Crippen molar-refractivity contribution in [2.75, 3.05) is 52.6 Å². The molecule has 88 heavy (non-hydrogen) atoms. The SMILES string of the molecule is COc1cc2c(cc1OCCCC(=O)Nc1cc(C(=O)Nc3ccc4sccc4c3)n(C)c1)N(C(=O)Oc1ccc(NC(=O)[C@@H](C)NC(=O)[C@@H](C)NC(=O)CCCCC(=O)NCCN3C(=O)C=CC3=O)cc1)C(S(=O)(=O)O)[C@@H]1Cc3ccccc3N1C2O. The number of methoxy groups -OCH3 is 1. The number of benzene rings is 4. The second-order valence-corrected chi connectivity index (χ2v) is 23.5. The van der Waals surface area contributed by atoms with E-state index in [1.54, 1.807) is 59.5 Å². The van der Waals surface area contributed by atoms with E-state index >= 15 is 0 Å². The Bertz CT molecular complexity index is 3830. The summed E-state index contributed by atoms with van der Waals surface area (Å²) in [5.41, 5.74) is 2.30. The molecule has 2 aromatic heterocycles. The number of thiophene rings is 1. The number of nitrogens with zero attached hydrogens (tertiary/aromatic N) is 4. The van der Waals surface area contributed by atoms with E-state index in [1.165, 1.54) is 62.3 Å². The molecule has 0 spiro atoms. The number of aromatic nitrogens is 1. The van der Waals surface area contributed by atoms with Crippen LogP contribution >= 0.6 is 11.3 Å². The number of unbranched alkanes of at least 4 members (excludes halogenated alkanes) is 1. The van der Waals surface area contributed by atoms with E-state index in [0.29, 0.717) is 41.2 Å². The van der Waals surface area contributed by atoms with Crippen LogP contribution in [0, 0.1) is 0 Å². The molecule has 3 aliphatic rings. The van der Waals surface area contributed by atoms with E-state index in [9.17, 15) is 61.2 Å². The predicted octanol–water partition coefficient (Wildman–Crippen LogP) is 5.50. The zero-order valence-electron chi connectivity index (χ0n) is 48.1. The largest absolute Gasteiger partial charge is 0.493 e. The highest BCUT2D eigenvalue weighted by atomic mass is 32.2. The molecule has 0 bridgehead atoms. The second kappa shape index (κ2) is 27.4. The Morgan fingerprint density at radius 3 is 2.16 bits per heavy atom. The highest BCUT2D eigenvalue weighted by molar-refractivity contribution is 7.86. The van der Waals surface area contributed by atoms with Gasteiger partial charge in [-0.05, 0) is 123 Å². The Labute approximate surface area is 508 Å². The Morgan fingerprint density at radius 2 is 1.43 bits per heavy atom. The first-order chi connectivity index (χ1) is 42.1. The smallest absolute Gasteiger partial charge is 0.421 e. The molecule has 5 heterocycles. The van der Waals surface area contributed by atoms with Gasteiger partial charge in [0.2, 0.25) is 29.5 Å². The summed E-state index contributed by atoms with van der Waals surface area (Å²) in [6, 6.07) is 20.5. The first-order valence-electron chi connectivity index (χ1n) is 28.0. The number of carbonyl (C=O) groups is 9. The van der Waals surface area contributed by atoms with Gasteiger partial charge in [-0.3, -0.25) is 52.7 Å². The van der Waals surface area contributed by atoms with Gasteiger partial charge in [-0.25, -0.2) is 4.79 Å². The number of carbonyl (C=O) groups excluding carboxylic acids is 9. The molecule has 5 atom stereocenters. The van der Waals surface area contributed by atoms with E-state index in [1.807, 2.05) is 29.6 Å². The third-order valence-electron chi connectivity index (χ3n) is 14.8. The van der Waals surface area contributed by atoms with Crippen molar-refractivity contribution < 1.29 is 75.4 Å². The van der Waals surface area contributed by atoms with Crippen molar-refractivity contribution in [1.29, 1.82) is 0 Å². The fraction of sp³-hybridized carbons (Fsp3) is 0.317. The van der Waals surface area contributed by atoms with Crippen LogP contribution in [0.4, 0.5) is 33.2 Å². The fourth-order valence-electron chi connectivity index (χ4n) is 10.4. The van der Waals surface area contributed by atoms with Gasteiger partial charge in [-0.15, -0.1) is 11.3 Å². The molecule has 3 aliphatic heterocycles. The maximum absolute atomic E-state index is 14.7. The fourth-order valence-corrected chi connectivity index (χ4v) is 12.2. The summed E-state index contributed by atoms with van der Waals surface area (Å²) in [5, 5.41) is 29.1. The number of imide groups is 1. The number of nitrogens with one attached hydrogen (secondary N) is 6. The molecule has 0 fully saturated rings. The van der Waals surface area contributed by atoms with Gasteiger partial charge in [-0.1, -0.05) is 18.2 Å².